The quantitative estimate of drug-likeness (QED) is 0.640. The fourth-order valence-electron chi connectivity index (χ4n) is 2.79. The molecule has 120 valence electrons. The second-order valence-electron chi connectivity index (χ2n) is 5.37. The number of nitrogens with two attached hydrogens (primary N) is 1. The lowest BCUT2D eigenvalue weighted by atomic mass is 9.85. The van der Waals surface area contributed by atoms with Gasteiger partial charge in [0.25, 0.3) is 0 Å². The number of nitro benzene ring substituents is 1. The van der Waals surface area contributed by atoms with Crippen LogP contribution in [0.1, 0.15) is 25.7 Å². The normalized spacial score (nSPS) is 21.2. The predicted molar refractivity (Wildman–Crippen MR) is 78.2 cm³/mol. The fraction of sp³-hybridized carbons (Fsp3) is 0.500. The highest BCUT2D eigenvalue weighted by Gasteiger charge is 2.29. The second kappa shape index (κ2) is 6.59. The van der Waals surface area contributed by atoms with Crippen molar-refractivity contribution < 1.29 is 18.8 Å². The van der Waals surface area contributed by atoms with E-state index in [1.165, 1.54) is 13.2 Å². The van der Waals surface area contributed by atoms with Gasteiger partial charge in [0, 0.05) is 24.1 Å². The fourth-order valence-corrected chi connectivity index (χ4v) is 2.79. The van der Waals surface area contributed by atoms with Crippen LogP contribution in [0.3, 0.4) is 0 Å². The van der Waals surface area contributed by atoms with Crippen molar-refractivity contribution in [3.8, 4) is 5.75 Å². The van der Waals surface area contributed by atoms with E-state index >= 15 is 0 Å². The van der Waals surface area contributed by atoms with E-state index in [-0.39, 0.29) is 29.3 Å². The number of nitro groups is 1. The molecule has 22 heavy (non-hydrogen) atoms. The third-order valence-corrected chi connectivity index (χ3v) is 3.89. The minimum atomic E-state index is -0.964. The topological polar surface area (TPSA) is 107 Å². The SMILES string of the molecule is COc1cc(F)c([N+](=O)[O-])c(NC2CCCC(C(N)=O)C2)c1. The van der Waals surface area contributed by atoms with E-state index in [0.29, 0.717) is 12.8 Å². The van der Waals surface area contributed by atoms with Crippen LogP contribution in [0.25, 0.3) is 0 Å². The summed E-state index contributed by atoms with van der Waals surface area (Å²) in [5.41, 5.74) is 4.75. The van der Waals surface area contributed by atoms with Gasteiger partial charge < -0.3 is 15.8 Å². The van der Waals surface area contributed by atoms with Crippen molar-refractivity contribution in [3.63, 3.8) is 0 Å². The zero-order valence-electron chi connectivity index (χ0n) is 12.2. The van der Waals surface area contributed by atoms with Crippen LogP contribution >= 0.6 is 0 Å². The molecule has 3 N–H and O–H groups in total. The van der Waals surface area contributed by atoms with Crippen molar-refractivity contribution >= 4 is 17.3 Å². The van der Waals surface area contributed by atoms with E-state index in [9.17, 15) is 19.3 Å². The summed E-state index contributed by atoms with van der Waals surface area (Å²) in [6.07, 6.45) is 2.71. The van der Waals surface area contributed by atoms with Crippen molar-refractivity contribution in [2.24, 2.45) is 11.7 Å². The number of nitrogens with one attached hydrogen (secondary N) is 1. The molecular weight excluding hydrogens is 293 g/mol. The first-order valence-corrected chi connectivity index (χ1v) is 7.00. The highest BCUT2D eigenvalue weighted by Crippen LogP contribution is 2.35. The molecule has 2 atom stereocenters. The Bertz CT molecular complexity index is 594. The smallest absolute Gasteiger partial charge is 0.327 e. The first kappa shape index (κ1) is 16.0. The van der Waals surface area contributed by atoms with Crippen LogP contribution < -0.4 is 15.8 Å². The summed E-state index contributed by atoms with van der Waals surface area (Å²) >= 11 is 0. The number of amides is 1. The van der Waals surface area contributed by atoms with Gasteiger partial charge in [0.05, 0.1) is 12.0 Å². The molecule has 1 saturated carbocycles. The van der Waals surface area contributed by atoms with Gasteiger partial charge in [-0.25, -0.2) is 0 Å². The maximum atomic E-state index is 13.9. The Hall–Kier alpha value is -2.38. The minimum absolute atomic E-state index is 0.0528. The van der Waals surface area contributed by atoms with Crippen molar-refractivity contribution in [1.29, 1.82) is 0 Å². The number of hydrogen-bond donors (Lipinski definition) is 2. The number of primary amides is 1. The van der Waals surface area contributed by atoms with Crippen molar-refractivity contribution in [2.45, 2.75) is 31.7 Å². The first-order chi connectivity index (χ1) is 10.4. The van der Waals surface area contributed by atoms with Gasteiger partial charge in [0.2, 0.25) is 11.7 Å². The van der Waals surface area contributed by atoms with E-state index in [1.807, 2.05) is 0 Å². The molecule has 8 heteroatoms. The lowest BCUT2D eigenvalue weighted by molar-refractivity contribution is -0.386. The molecule has 0 bridgehead atoms. The summed E-state index contributed by atoms with van der Waals surface area (Å²) in [5.74, 6) is -1.42. The summed E-state index contributed by atoms with van der Waals surface area (Å²) < 4.78 is 18.8. The van der Waals surface area contributed by atoms with Crippen molar-refractivity contribution in [1.82, 2.24) is 0 Å². The number of carbonyl (C=O) groups excluding carboxylic acids is 1. The molecule has 1 aromatic carbocycles. The van der Waals surface area contributed by atoms with Crippen LogP contribution in [-0.2, 0) is 4.79 Å². The molecule has 0 heterocycles. The Morgan fingerprint density at radius 1 is 1.50 bits per heavy atom. The van der Waals surface area contributed by atoms with Gasteiger partial charge >= 0.3 is 5.69 Å². The highest BCUT2D eigenvalue weighted by molar-refractivity contribution is 5.77. The summed E-state index contributed by atoms with van der Waals surface area (Å²) in [6.45, 7) is 0. The first-order valence-electron chi connectivity index (χ1n) is 7.00. The molecular formula is C14H18FN3O4. The average molecular weight is 311 g/mol. The predicted octanol–water partition coefficient (Wildman–Crippen LogP) is 2.20. The number of nitrogens with zero attached hydrogens (tertiary/aromatic N) is 1. The molecule has 1 fully saturated rings. The lowest BCUT2D eigenvalue weighted by Gasteiger charge is -2.28. The van der Waals surface area contributed by atoms with E-state index in [2.05, 4.69) is 5.32 Å². The van der Waals surface area contributed by atoms with Gasteiger partial charge in [-0.05, 0) is 19.3 Å². The number of benzene rings is 1. The van der Waals surface area contributed by atoms with Crippen LogP contribution in [0.4, 0.5) is 15.8 Å². The molecule has 0 aliphatic heterocycles. The number of anilines is 1. The molecule has 1 aliphatic rings. The lowest BCUT2D eigenvalue weighted by Crippen LogP contribution is -2.34. The Morgan fingerprint density at radius 3 is 2.82 bits per heavy atom. The van der Waals surface area contributed by atoms with Gasteiger partial charge in [0.15, 0.2) is 0 Å². The molecule has 1 amide bonds. The minimum Gasteiger partial charge on any atom is -0.497 e. The number of methoxy groups -OCH3 is 1. The Labute approximate surface area is 126 Å². The summed E-state index contributed by atoms with van der Waals surface area (Å²) in [7, 11) is 1.36. The van der Waals surface area contributed by atoms with E-state index < -0.39 is 16.4 Å². The number of ether oxygens (including phenoxy) is 1. The number of rotatable bonds is 5. The van der Waals surface area contributed by atoms with Gasteiger partial charge in [0.1, 0.15) is 11.4 Å². The third-order valence-electron chi connectivity index (χ3n) is 3.89. The van der Waals surface area contributed by atoms with Crippen molar-refractivity contribution in [2.75, 3.05) is 12.4 Å². The van der Waals surface area contributed by atoms with Gasteiger partial charge in [-0.2, -0.15) is 4.39 Å². The van der Waals surface area contributed by atoms with Crippen LogP contribution in [0.5, 0.6) is 5.75 Å². The zero-order valence-corrected chi connectivity index (χ0v) is 12.2. The molecule has 2 unspecified atom stereocenters. The molecule has 7 nitrogen and oxygen atoms in total. The number of carbonyl (C=O) groups is 1. The van der Waals surface area contributed by atoms with Crippen LogP contribution in [0.2, 0.25) is 0 Å². The Balaban J connectivity index is 2.26. The molecule has 0 saturated heterocycles. The molecule has 0 radical (unpaired) electrons. The van der Waals surface area contributed by atoms with Crippen molar-refractivity contribution in [3.05, 3.63) is 28.1 Å². The number of halogens is 1. The van der Waals surface area contributed by atoms with E-state index in [1.54, 1.807) is 0 Å². The van der Waals surface area contributed by atoms with Gasteiger partial charge in [-0.15, -0.1) is 0 Å². The Morgan fingerprint density at radius 2 is 2.23 bits per heavy atom. The second-order valence-corrected chi connectivity index (χ2v) is 5.37. The molecule has 2 rings (SSSR count). The highest BCUT2D eigenvalue weighted by atomic mass is 19.1. The molecule has 1 aliphatic carbocycles. The largest absolute Gasteiger partial charge is 0.497 e. The zero-order chi connectivity index (χ0) is 16.3. The monoisotopic (exact) mass is 311 g/mol. The van der Waals surface area contributed by atoms with Crippen LogP contribution in [0, 0.1) is 21.8 Å². The van der Waals surface area contributed by atoms with E-state index in [4.69, 9.17) is 10.5 Å². The Kier molecular flexibility index (Phi) is 4.79. The van der Waals surface area contributed by atoms with Gasteiger partial charge in [-0.1, -0.05) is 6.42 Å². The molecule has 0 aromatic heterocycles. The van der Waals surface area contributed by atoms with Crippen LogP contribution in [0.15, 0.2) is 12.1 Å². The van der Waals surface area contributed by atoms with E-state index in [0.717, 1.165) is 18.9 Å². The molecule has 1 aromatic rings. The molecule has 0 spiro atoms. The summed E-state index contributed by atoms with van der Waals surface area (Å²) in [4.78, 5) is 21.6. The summed E-state index contributed by atoms with van der Waals surface area (Å²) in [6, 6.07) is 2.18. The maximum Gasteiger partial charge on any atom is 0.327 e. The summed E-state index contributed by atoms with van der Waals surface area (Å²) in [5, 5.41) is 14.0. The average Bonchev–Trinajstić information content (AvgIpc) is 2.46. The standard InChI is InChI=1S/C14H18FN3O4/c1-22-10-6-11(15)13(18(20)21)12(7-10)17-9-4-2-3-8(5-9)14(16)19/h6-9,17H,2-5H2,1H3,(H2,16,19). The van der Waals surface area contributed by atoms with Crippen LogP contribution in [-0.4, -0.2) is 24.0 Å². The third kappa shape index (κ3) is 3.44. The maximum absolute atomic E-state index is 13.9. The number of hydrogen-bond acceptors (Lipinski definition) is 5. The van der Waals surface area contributed by atoms with Gasteiger partial charge in [-0.3, -0.25) is 14.9 Å².